The molecule has 0 bridgehead atoms. The number of nitrogens with two attached hydrogens (primary N) is 2. The van der Waals surface area contributed by atoms with Crippen molar-refractivity contribution in [2.45, 2.75) is 95.6 Å². The van der Waals surface area contributed by atoms with Crippen molar-refractivity contribution in [3.05, 3.63) is 35.9 Å². The summed E-state index contributed by atoms with van der Waals surface area (Å²) >= 11 is 0. The van der Waals surface area contributed by atoms with Crippen LogP contribution in [0.25, 0.3) is 0 Å². The fourth-order valence-corrected chi connectivity index (χ4v) is 4.57. The highest BCUT2D eigenvalue weighted by Gasteiger charge is 2.42. The molecule has 1 aromatic rings. The number of aliphatic imine (C=N–C) groups is 2. The van der Waals surface area contributed by atoms with Gasteiger partial charge in [-0.1, -0.05) is 75.3 Å². The van der Waals surface area contributed by atoms with E-state index in [0.717, 1.165) is 32.1 Å². The maximum Gasteiger partial charge on any atom is 0.226 e. The van der Waals surface area contributed by atoms with Crippen LogP contribution in [0.5, 0.6) is 0 Å². The molecule has 2 aliphatic rings. The van der Waals surface area contributed by atoms with Gasteiger partial charge in [0.1, 0.15) is 0 Å². The molecule has 1 heterocycles. The summed E-state index contributed by atoms with van der Waals surface area (Å²) in [5, 5.41) is 1.75. The second-order valence-electron chi connectivity index (χ2n) is 8.67. The Bertz CT molecular complexity index is 682. The minimum absolute atomic E-state index is 0.276. The smallest absolute Gasteiger partial charge is 0.226 e. The van der Waals surface area contributed by atoms with Crippen LogP contribution < -0.4 is 11.5 Å². The van der Waals surface area contributed by atoms with Crippen LogP contribution in [0.3, 0.4) is 0 Å². The van der Waals surface area contributed by atoms with Gasteiger partial charge in [-0.25, -0.2) is 4.99 Å². The molecule has 1 aliphatic heterocycles. The summed E-state index contributed by atoms with van der Waals surface area (Å²) < 4.78 is 0. The Labute approximate surface area is 181 Å². The Hall–Kier alpha value is -2.08. The normalized spacial score (nSPS) is 18.3. The largest absolute Gasteiger partial charge is 0.368 e. The van der Waals surface area contributed by atoms with Gasteiger partial charge in [-0.2, -0.15) is 10.1 Å². The van der Waals surface area contributed by atoms with Crippen LogP contribution in [-0.4, -0.2) is 29.3 Å². The minimum atomic E-state index is -0.437. The van der Waals surface area contributed by atoms with Gasteiger partial charge in [0.15, 0.2) is 5.66 Å². The lowest BCUT2D eigenvalue weighted by Crippen LogP contribution is -2.57. The van der Waals surface area contributed by atoms with E-state index in [1.54, 1.807) is 5.06 Å². The summed E-state index contributed by atoms with van der Waals surface area (Å²) in [6, 6.07) is 10.8. The average Bonchev–Trinajstić information content (AvgIpc) is 2.75. The van der Waals surface area contributed by atoms with Crippen molar-refractivity contribution in [1.29, 1.82) is 0 Å². The Balaban J connectivity index is 1.23. The molecule has 0 atom stereocenters. The number of hydrogen-bond donors (Lipinski definition) is 2. The molecule has 30 heavy (non-hydrogen) atoms. The monoisotopic (exact) mass is 413 g/mol. The van der Waals surface area contributed by atoms with E-state index >= 15 is 0 Å². The van der Waals surface area contributed by atoms with E-state index in [1.807, 2.05) is 0 Å². The molecule has 0 unspecified atom stereocenters. The van der Waals surface area contributed by atoms with Crippen molar-refractivity contribution < 1.29 is 4.84 Å². The second kappa shape index (κ2) is 11.9. The van der Waals surface area contributed by atoms with Crippen LogP contribution in [0.1, 0.15) is 89.0 Å². The molecule has 6 heteroatoms. The Morgan fingerprint density at radius 3 is 2.17 bits per heavy atom. The lowest BCUT2D eigenvalue weighted by atomic mass is 9.89. The van der Waals surface area contributed by atoms with Crippen LogP contribution >= 0.6 is 0 Å². The standard InChI is InChI=1S/C24H39N5O/c25-22-27-23(26)29(24(28-22)18-12-8-13-19-24)30-20-14-6-4-2-1-3-5-9-15-21-16-10-7-11-17-21/h7,10-11,16-17H,1-6,8-9,12-15,18-20H2,(H4,25,26,27,28). The zero-order valence-corrected chi connectivity index (χ0v) is 18.4. The maximum absolute atomic E-state index is 6.12. The Kier molecular flexibility index (Phi) is 9.00. The fourth-order valence-electron chi connectivity index (χ4n) is 4.57. The van der Waals surface area contributed by atoms with E-state index in [-0.39, 0.29) is 5.96 Å². The molecule has 1 aromatic carbocycles. The second-order valence-corrected chi connectivity index (χ2v) is 8.67. The molecule has 6 nitrogen and oxygen atoms in total. The van der Waals surface area contributed by atoms with Crippen molar-refractivity contribution in [3.8, 4) is 0 Å². The van der Waals surface area contributed by atoms with Crippen molar-refractivity contribution in [2.75, 3.05) is 6.61 Å². The van der Waals surface area contributed by atoms with Crippen molar-refractivity contribution >= 4 is 11.9 Å². The molecule has 0 radical (unpaired) electrons. The molecule has 0 amide bonds. The predicted molar refractivity (Wildman–Crippen MR) is 124 cm³/mol. The fraction of sp³-hybridized carbons (Fsp3) is 0.667. The molecular formula is C24H39N5O. The van der Waals surface area contributed by atoms with Crippen LogP contribution in [0.2, 0.25) is 0 Å². The summed E-state index contributed by atoms with van der Waals surface area (Å²) in [6.45, 7) is 0.657. The number of aryl methyl sites for hydroxylation is 1. The Morgan fingerprint density at radius 2 is 1.47 bits per heavy atom. The van der Waals surface area contributed by atoms with Crippen LogP contribution in [-0.2, 0) is 11.3 Å². The molecule has 166 valence electrons. The zero-order chi connectivity index (χ0) is 21.1. The molecule has 1 spiro atoms. The molecule has 1 fully saturated rings. The Morgan fingerprint density at radius 1 is 0.833 bits per heavy atom. The van der Waals surface area contributed by atoms with Crippen molar-refractivity contribution in [2.24, 2.45) is 21.5 Å². The van der Waals surface area contributed by atoms with E-state index in [1.165, 1.54) is 63.4 Å². The summed E-state index contributed by atoms with van der Waals surface area (Å²) in [6.07, 6.45) is 16.6. The van der Waals surface area contributed by atoms with Crippen molar-refractivity contribution in [3.63, 3.8) is 0 Å². The van der Waals surface area contributed by atoms with Gasteiger partial charge in [-0.15, -0.1) is 0 Å². The number of rotatable bonds is 12. The number of hydroxylamine groups is 2. The highest BCUT2D eigenvalue weighted by atomic mass is 16.7. The molecule has 3 rings (SSSR count). The molecule has 0 saturated heterocycles. The van der Waals surface area contributed by atoms with Gasteiger partial charge in [0.05, 0.1) is 6.61 Å². The van der Waals surface area contributed by atoms with Crippen LogP contribution in [0.4, 0.5) is 0 Å². The quantitative estimate of drug-likeness (QED) is 0.478. The SMILES string of the molecule is NC1=NC2(CCCCC2)N(OCCCCCCCCCCc2ccccc2)C(N)=N1. The molecule has 0 aromatic heterocycles. The van der Waals surface area contributed by atoms with Gasteiger partial charge in [0, 0.05) is 0 Å². The number of nitrogens with zero attached hydrogens (tertiary/aromatic N) is 3. The van der Waals surface area contributed by atoms with E-state index in [9.17, 15) is 0 Å². The number of unbranched alkanes of at least 4 members (excludes halogenated alkanes) is 7. The molecular weight excluding hydrogens is 374 g/mol. The van der Waals surface area contributed by atoms with Gasteiger partial charge >= 0.3 is 0 Å². The van der Waals surface area contributed by atoms with E-state index in [4.69, 9.17) is 16.3 Å². The first-order chi connectivity index (χ1) is 14.7. The third-order valence-corrected chi connectivity index (χ3v) is 6.22. The van der Waals surface area contributed by atoms with E-state index < -0.39 is 5.66 Å². The van der Waals surface area contributed by atoms with Gasteiger partial charge in [-0.05, 0) is 50.5 Å². The van der Waals surface area contributed by atoms with E-state index in [0.29, 0.717) is 12.6 Å². The molecule has 1 aliphatic carbocycles. The van der Waals surface area contributed by atoms with Gasteiger partial charge in [0.2, 0.25) is 11.9 Å². The lowest BCUT2D eigenvalue weighted by Gasteiger charge is -2.44. The summed E-state index contributed by atoms with van der Waals surface area (Å²) in [5.41, 5.74) is 13.0. The first kappa shape index (κ1) is 22.6. The number of guanidine groups is 2. The summed E-state index contributed by atoms with van der Waals surface area (Å²) in [7, 11) is 0. The third-order valence-electron chi connectivity index (χ3n) is 6.22. The number of benzene rings is 1. The summed E-state index contributed by atoms with van der Waals surface area (Å²) in [4.78, 5) is 14.8. The predicted octanol–water partition coefficient (Wildman–Crippen LogP) is 4.89. The topological polar surface area (TPSA) is 89.2 Å². The molecule has 4 N–H and O–H groups in total. The van der Waals surface area contributed by atoms with Gasteiger partial charge < -0.3 is 11.5 Å². The number of hydrogen-bond acceptors (Lipinski definition) is 6. The zero-order valence-electron chi connectivity index (χ0n) is 18.4. The van der Waals surface area contributed by atoms with Crippen LogP contribution in [0.15, 0.2) is 40.3 Å². The van der Waals surface area contributed by atoms with E-state index in [2.05, 4.69) is 40.3 Å². The summed E-state index contributed by atoms with van der Waals surface area (Å²) in [5.74, 6) is 0.623. The maximum atomic E-state index is 6.12. The average molecular weight is 414 g/mol. The van der Waals surface area contributed by atoms with Crippen LogP contribution in [0, 0.1) is 0 Å². The minimum Gasteiger partial charge on any atom is -0.368 e. The van der Waals surface area contributed by atoms with Crippen molar-refractivity contribution in [1.82, 2.24) is 5.06 Å². The lowest BCUT2D eigenvalue weighted by molar-refractivity contribution is -0.177. The third kappa shape index (κ3) is 6.73. The first-order valence-electron chi connectivity index (χ1n) is 11.9. The first-order valence-corrected chi connectivity index (χ1v) is 11.9. The van der Waals surface area contributed by atoms with Gasteiger partial charge in [-0.3, -0.25) is 4.84 Å². The highest BCUT2D eigenvalue weighted by Crippen LogP contribution is 2.36. The highest BCUT2D eigenvalue weighted by molar-refractivity contribution is 5.95. The molecule has 1 saturated carbocycles. The van der Waals surface area contributed by atoms with Gasteiger partial charge in [0.25, 0.3) is 0 Å².